The third kappa shape index (κ3) is 5.16. The van der Waals surface area contributed by atoms with Crippen molar-refractivity contribution in [3.8, 4) is 0 Å². The number of alkyl carbamates (subject to hydrolysis) is 1. The van der Waals surface area contributed by atoms with Crippen molar-refractivity contribution in [1.82, 2.24) is 20.3 Å². The molecule has 0 radical (unpaired) electrons. The molecule has 9 heteroatoms. The van der Waals surface area contributed by atoms with Crippen molar-refractivity contribution >= 4 is 34.7 Å². The zero-order chi connectivity index (χ0) is 22.7. The molecule has 1 aliphatic rings. The highest BCUT2D eigenvalue weighted by Gasteiger charge is 2.29. The lowest BCUT2D eigenvalue weighted by Gasteiger charge is -2.23. The zero-order valence-corrected chi connectivity index (χ0v) is 18.2. The summed E-state index contributed by atoms with van der Waals surface area (Å²) < 4.78 is 20.1. The first-order valence-corrected chi connectivity index (χ1v) is 10.4. The SMILES string of the molecule is CC(C)(C)OC(=O)NC1CCN(c2c(F)cncc2N=Cc2ccc3nccnc3c2)C1. The van der Waals surface area contributed by atoms with Gasteiger partial charge in [-0.1, -0.05) is 6.07 Å². The summed E-state index contributed by atoms with van der Waals surface area (Å²) in [5, 5.41) is 2.86. The first-order valence-electron chi connectivity index (χ1n) is 10.4. The molecule has 1 unspecified atom stereocenters. The Morgan fingerprint density at radius 3 is 2.81 bits per heavy atom. The van der Waals surface area contributed by atoms with Crippen LogP contribution in [0.2, 0.25) is 0 Å². The number of carbonyl (C=O) groups excluding carboxylic acids is 1. The van der Waals surface area contributed by atoms with Crippen LogP contribution in [0.5, 0.6) is 0 Å². The Balaban J connectivity index is 1.50. The molecule has 3 heterocycles. The fraction of sp³-hybridized carbons (Fsp3) is 0.348. The highest BCUT2D eigenvalue weighted by atomic mass is 19.1. The average molecular weight is 436 g/mol. The summed E-state index contributed by atoms with van der Waals surface area (Å²) in [6.07, 6.45) is 7.83. The zero-order valence-electron chi connectivity index (χ0n) is 18.2. The van der Waals surface area contributed by atoms with Crippen LogP contribution in [0.15, 0.2) is 48.0 Å². The average Bonchev–Trinajstić information content (AvgIpc) is 3.18. The molecule has 32 heavy (non-hydrogen) atoms. The van der Waals surface area contributed by atoms with Crippen molar-refractivity contribution in [2.75, 3.05) is 18.0 Å². The molecule has 1 saturated heterocycles. The van der Waals surface area contributed by atoms with Gasteiger partial charge >= 0.3 is 6.09 Å². The first kappa shape index (κ1) is 21.6. The van der Waals surface area contributed by atoms with Gasteiger partial charge < -0.3 is 15.0 Å². The van der Waals surface area contributed by atoms with Crippen LogP contribution in [0.4, 0.5) is 20.6 Å². The molecule has 8 nitrogen and oxygen atoms in total. The smallest absolute Gasteiger partial charge is 0.407 e. The molecule has 0 bridgehead atoms. The van der Waals surface area contributed by atoms with E-state index in [2.05, 4.69) is 25.3 Å². The first-order chi connectivity index (χ1) is 15.3. The number of nitrogens with zero attached hydrogens (tertiary/aromatic N) is 5. The van der Waals surface area contributed by atoms with Crippen molar-refractivity contribution in [2.24, 2.45) is 4.99 Å². The minimum atomic E-state index is -0.574. The number of benzene rings is 1. The monoisotopic (exact) mass is 436 g/mol. The number of hydrogen-bond acceptors (Lipinski definition) is 7. The highest BCUT2D eigenvalue weighted by Crippen LogP contribution is 2.33. The number of amides is 1. The number of ether oxygens (including phenoxy) is 1. The van der Waals surface area contributed by atoms with E-state index in [1.807, 2.05) is 43.9 Å². The molecule has 1 atom stereocenters. The largest absolute Gasteiger partial charge is 0.444 e. The van der Waals surface area contributed by atoms with E-state index in [0.29, 0.717) is 30.9 Å². The van der Waals surface area contributed by atoms with E-state index >= 15 is 0 Å². The molecule has 1 aromatic carbocycles. The quantitative estimate of drug-likeness (QED) is 0.621. The second-order valence-electron chi connectivity index (χ2n) is 8.63. The van der Waals surface area contributed by atoms with Crippen molar-refractivity contribution in [3.05, 3.63) is 54.4 Å². The van der Waals surface area contributed by atoms with Gasteiger partial charge in [-0.2, -0.15) is 0 Å². The Morgan fingerprint density at radius 1 is 1.25 bits per heavy atom. The molecular weight excluding hydrogens is 411 g/mol. The van der Waals surface area contributed by atoms with E-state index in [1.165, 1.54) is 12.4 Å². The van der Waals surface area contributed by atoms with Gasteiger partial charge in [0.1, 0.15) is 17.0 Å². The maximum atomic E-state index is 14.7. The molecule has 1 aliphatic heterocycles. The summed E-state index contributed by atoms with van der Waals surface area (Å²) >= 11 is 0. The van der Waals surface area contributed by atoms with Gasteiger partial charge in [0.05, 0.1) is 29.5 Å². The lowest BCUT2D eigenvalue weighted by Crippen LogP contribution is -2.40. The topological polar surface area (TPSA) is 92.6 Å². The summed E-state index contributed by atoms with van der Waals surface area (Å²) in [7, 11) is 0. The molecule has 4 rings (SSSR count). The van der Waals surface area contributed by atoms with Crippen LogP contribution in [-0.2, 0) is 4.74 Å². The predicted octanol–water partition coefficient (Wildman–Crippen LogP) is 4.02. The van der Waals surface area contributed by atoms with Gasteiger partial charge in [0.2, 0.25) is 0 Å². The van der Waals surface area contributed by atoms with E-state index in [-0.39, 0.29) is 6.04 Å². The third-order valence-corrected chi connectivity index (χ3v) is 4.92. The number of anilines is 1. The molecule has 0 saturated carbocycles. The van der Waals surface area contributed by atoms with Crippen molar-refractivity contribution in [2.45, 2.75) is 38.8 Å². The number of aromatic nitrogens is 3. The highest BCUT2D eigenvalue weighted by molar-refractivity contribution is 5.89. The molecule has 2 aromatic heterocycles. The molecule has 1 N–H and O–H groups in total. The van der Waals surface area contributed by atoms with E-state index in [1.54, 1.807) is 18.6 Å². The molecule has 0 aliphatic carbocycles. The maximum Gasteiger partial charge on any atom is 0.407 e. The van der Waals surface area contributed by atoms with Crippen molar-refractivity contribution in [3.63, 3.8) is 0 Å². The molecule has 1 fully saturated rings. The van der Waals surface area contributed by atoms with E-state index in [4.69, 9.17) is 4.74 Å². The lowest BCUT2D eigenvalue weighted by atomic mass is 10.2. The van der Waals surface area contributed by atoms with Gasteiger partial charge in [-0.25, -0.2) is 9.18 Å². The number of pyridine rings is 1. The van der Waals surface area contributed by atoms with Crippen LogP contribution in [0, 0.1) is 5.82 Å². The Kier molecular flexibility index (Phi) is 5.98. The van der Waals surface area contributed by atoms with E-state index < -0.39 is 17.5 Å². The van der Waals surface area contributed by atoms with Crippen molar-refractivity contribution < 1.29 is 13.9 Å². The van der Waals surface area contributed by atoms with E-state index in [9.17, 15) is 9.18 Å². The molecule has 166 valence electrons. The Labute approximate surface area is 185 Å². The van der Waals surface area contributed by atoms with Gasteiger partial charge in [0.15, 0.2) is 5.82 Å². The summed E-state index contributed by atoms with van der Waals surface area (Å²) in [6.45, 7) is 6.47. The van der Waals surface area contributed by atoms with Crippen LogP contribution >= 0.6 is 0 Å². The van der Waals surface area contributed by atoms with Gasteiger partial charge in [0, 0.05) is 31.7 Å². The van der Waals surface area contributed by atoms with E-state index in [0.717, 1.165) is 16.6 Å². The number of fused-ring (bicyclic) bond motifs is 1. The number of rotatable bonds is 4. The third-order valence-electron chi connectivity index (χ3n) is 4.92. The number of nitrogens with one attached hydrogen (secondary N) is 1. The van der Waals surface area contributed by atoms with Crippen LogP contribution in [0.1, 0.15) is 32.8 Å². The second kappa shape index (κ2) is 8.86. The number of carbonyl (C=O) groups is 1. The maximum absolute atomic E-state index is 14.7. The number of halogens is 1. The molecule has 1 amide bonds. The Bertz CT molecular complexity index is 1160. The van der Waals surface area contributed by atoms with Gasteiger partial charge in [-0.05, 0) is 44.9 Å². The van der Waals surface area contributed by atoms with Gasteiger partial charge in [-0.15, -0.1) is 0 Å². The molecular formula is C23H25FN6O2. The second-order valence-corrected chi connectivity index (χ2v) is 8.63. The Morgan fingerprint density at radius 2 is 2.03 bits per heavy atom. The predicted molar refractivity (Wildman–Crippen MR) is 121 cm³/mol. The van der Waals surface area contributed by atoms with Crippen LogP contribution in [-0.4, -0.2) is 52.0 Å². The van der Waals surface area contributed by atoms with Crippen molar-refractivity contribution in [1.29, 1.82) is 0 Å². The summed E-state index contributed by atoms with van der Waals surface area (Å²) in [5.41, 5.74) is 2.57. The van der Waals surface area contributed by atoms with Gasteiger partial charge in [0.25, 0.3) is 0 Å². The summed E-state index contributed by atoms with van der Waals surface area (Å²) in [6, 6.07) is 5.47. The van der Waals surface area contributed by atoms with Crippen LogP contribution < -0.4 is 10.2 Å². The molecule has 3 aromatic rings. The number of hydrogen-bond donors (Lipinski definition) is 1. The standard InChI is InChI=1S/C23H25FN6O2/c1-23(2,3)32-22(31)29-16-6-9-30(14-16)21-17(24)12-25-13-20(21)28-11-15-4-5-18-19(10-15)27-8-7-26-18/h4-5,7-8,10-13,16H,6,9,14H2,1-3H3,(H,29,31). The lowest BCUT2D eigenvalue weighted by molar-refractivity contribution is 0.0509. The Hall–Kier alpha value is -3.62. The fourth-order valence-electron chi connectivity index (χ4n) is 3.59. The minimum Gasteiger partial charge on any atom is -0.444 e. The van der Waals surface area contributed by atoms with Crippen LogP contribution in [0.25, 0.3) is 11.0 Å². The normalized spacial score (nSPS) is 16.6. The molecule has 0 spiro atoms. The number of aliphatic imine (C=N–C) groups is 1. The summed E-state index contributed by atoms with van der Waals surface area (Å²) in [4.78, 5) is 30.9. The summed E-state index contributed by atoms with van der Waals surface area (Å²) in [5.74, 6) is -0.457. The minimum absolute atomic E-state index is 0.145. The van der Waals surface area contributed by atoms with Gasteiger partial charge in [-0.3, -0.25) is 19.9 Å². The van der Waals surface area contributed by atoms with Crippen LogP contribution in [0.3, 0.4) is 0 Å². The fourth-order valence-corrected chi connectivity index (χ4v) is 3.59.